The summed E-state index contributed by atoms with van der Waals surface area (Å²) in [5, 5.41) is 21.2. The first-order valence-electron chi connectivity index (χ1n) is 6.17. The van der Waals surface area contributed by atoms with Crippen molar-refractivity contribution < 1.29 is 19.8 Å². The molecule has 0 N–H and O–H groups in total. The Morgan fingerprint density at radius 2 is 1.44 bits per heavy atom. The monoisotopic (exact) mass is 252 g/mol. The number of carbonyl (C=O) groups excluding carboxylic acids is 2. The summed E-state index contributed by atoms with van der Waals surface area (Å²) in [6.07, 6.45) is 7.08. The smallest absolute Gasteiger partial charge is 0.0552 e. The third-order valence-corrected chi connectivity index (χ3v) is 3.08. The summed E-state index contributed by atoms with van der Waals surface area (Å²) < 4.78 is 0. The van der Waals surface area contributed by atoms with E-state index in [2.05, 4.69) is 13.2 Å². The van der Waals surface area contributed by atoms with Crippen LogP contribution in [0.2, 0.25) is 0 Å². The van der Waals surface area contributed by atoms with Crippen molar-refractivity contribution in [2.24, 2.45) is 5.41 Å². The summed E-state index contributed by atoms with van der Waals surface area (Å²) >= 11 is 0. The van der Waals surface area contributed by atoms with Gasteiger partial charge in [0.1, 0.15) is 0 Å². The topological polar surface area (TPSA) is 80.3 Å². The van der Waals surface area contributed by atoms with Gasteiger partial charge < -0.3 is 19.8 Å². The number of carboxylic acids is 2. The molecule has 0 aliphatic rings. The van der Waals surface area contributed by atoms with Gasteiger partial charge in [-0.3, -0.25) is 0 Å². The van der Waals surface area contributed by atoms with E-state index in [-0.39, 0.29) is 6.42 Å². The maximum atomic E-state index is 11.0. The molecule has 0 bridgehead atoms. The van der Waals surface area contributed by atoms with Gasteiger partial charge in [0.25, 0.3) is 0 Å². The minimum absolute atomic E-state index is 0.0856. The van der Waals surface area contributed by atoms with Gasteiger partial charge in [-0.25, -0.2) is 0 Å². The van der Waals surface area contributed by atoms with Crippen molar-refractivity contribution in [1.82, 2.24) is 0 Å². The van der Waals surface area contributed by atoms with E-state index in [4.69, 9.17) is 0 Å². The van der Waals surface area contributed by atoms with E-state index in [1.54, 1.807) is 0 Å². The lowest BCUT2D eigenvalue weighted by molar-refractivity contribution is -0.314. The van der Waals surface area contributed by atoms with Crippen molar-refractivity contribution in [3.63, 3.8) is 0 Å². The predicted octanol–water partition coefficient (Wildman–Crippen LogP) is 0.575. The molecule has 0 aromatic carbocycles. The lowest BCUT2D eigenvalue weighted by atomic mass is 9.83. The van der Waals surface area contributed by atoms with Crippen LogP contribution in [0.25, 0.3) is 0 Å². The maximum Gasteiger partial charge on any atom is 0.0552 e. The van der Waals surface area contributed by atoms with Crippen molar-refractivity contribution in [2.75, 3.05) is 0 Å². The molecule has 4 heteroatoms. The minimum atomic E-state index is -1.18. The highest BCUT2D eigenvalue weighted by molar-refractivity contribution is 5.77. The Morgan fingerprint density at radius 3 is 1.89 bits per heavy atom. The van der Waals surface area contributed by atoms with E-state index in [1.807, 2.05) is 0 Å². The molecule has 0 saturated carbocycles. The van der Waals surface area contributed by atoms with Gasteiger partial charge in [0.05, 0.1) is 5.97 Å². The average Bonchev–Trinajstić information content (AvgIpc) is 2.32. The van der Waals surface area contributed by atoms with E-state index < -0.39 is 17.4 Å². The first-order valence-corrected chi connectivity index (χ1v) is 6.17. The second-order valence-corrected chi connectivity index (χ2v) is 4.38. The van der Waals surface area contributed by atoms with Crippen molar-refractivity contribution in [3.8, 4) is 0 Å². The fourth-order valence-corrected chi connectivity index (χ4v) is 1.77. The molecule has 0 atom stereocenters. The molecule has 0 unspecified atom stereocenters. The zero-order valence-electron chi connectivity index (χ0n) is 10.7. The molecule has 0 heterocycles. The summed E-state index contributed by atoms with van der Waals surface area (Å²) in [4.78, 5) is 21.2. The number of rotatable bonds is 11. The Balaban J connectivity index is 3.82. The maximum absolute atomic E-state index is 11.0. The molecule has 0 aliphatic carbocycles. The first-order chi connectivity index (χ1) is 8.48. The molecule has 4 nitrogen and oxygen atoms in total. The van der Waals surface area contributed by atoms with Crippen LogP contribution >= 0.6 is 0 Å². The van der Waals surface area contributed by atoms with E-state index in [1.165, 1.54) is 12.2 Å². The van der Waals surface area contributed by atoms with Gasteiger partial charge in [0.15, 0.2) is 0 Å². The molecule has 0 amide bonds. The van der Waals surface area contributed by atoms with Crippen LogP contribution in [0.15, 0.2) is 25.3 Å². The van der Waals surface area contributed by atoms with Gasteiger partial charge in [-0.05, 0) is 19.3 Å². The van der Waals surface area contributed by atoms with Crippen molar-refractivity contribution in [2.45, 2.75) is 44.9 Å². The van der Waals surface area contributed by atoms with Gasteiger partial charge in [-0.2, -0.15) is 0 Å². The number of hydrogen-bond acceptors (Lipinski definition) is 4. The third-order valence-electron chi connectivity index (χ3n) is 3.08. The lowest BCUT2D eigenvalue weighted by Gasteiger charge is -2.27. The standard InChI is InChI=1S/C14H22O4/c1-3-14(4-2,13(17)18)11-9-7-5-6-8-10-12(15)16/h3-4H,1-2,5-11H2,(H,15,16)(H,17,18)/p-2. The molecule has 0 saturated heterocycles. The van der Waals surface area contributed by atoms with E-state index in [0.717, 1.165) is 25.7 Å². The molecule has 0 aliphatic heterocycles. The van der Waals surface area contributed by atoms with Crippen molar-refractivity contribution in [1.29, 1.82) is 0 Å². The molecule has 0 aromatic heterocycles. The normalized spacial score (nSPS) is 10.9. The van der Waals surface area contributed by atoms with Gasteiger partial charge in [-0.1, -0.05) is 37.8 Å². The summed E-state index contributed by atoms with van der Waals surface area (Å²) in [6.45, 7) is 7.02. The molecular weight excluding hydrogens is 232 g/mol. The molecule has 0 spiro atoms. The number of unbranched alkanes of at least 4 members (excludes halogenated alkanes) is 4. The Labute approximate surface area is 108 Å². The van der Waals surface area contributed by atoms with E-state index in [0.29, 0.717) is 12.8 Å². The predicted molar refractivity (Wildman–Crippen MR) is 65.2 cm³/mol. The highest BCUT2D eigenvalue weighted by Gasteiger charge is 2.23. The molecule has 0 aromatic rings. The lowest BCUT2D eigenvalue weighted by Crippen LogP contribution is -2.39. The number of carbonyl (C=O) groups is 2. The van der Waals surface area contributed by atoms with Crippen molar-refractivity contribution >= 4 is 11.9 Å². The summed E-state index contributed by atoms with van der Waals surface area (Å²) in [5.74, 6) is -2.20. The average molecular weight is 252 g/mol. The van der Waals surface area contributed by atoms with Crippen molar-refractivity contribution in [3.05, 3.63) is 25.3 Å². The fourth-order valence-electron chi connectivity index (χ4n) is 1.77. The Morgan fingerprint density at radius 1 is 0.944 bits per heavy atom. The van der Waals surface area contributed by atoms with Crippen LogP contribution < -0.4 is 10.2 Å². The molecule has 102 valence electrons. The quantitative estimate of drug-likeness (QED) is 0.398. The second kappa shape index (κ2) is 8.50. The molecule has 0 radical (unpaired) electrons. The van der Waals surface area contributed by atoms with Crippen LogP contribution in [0.4, 0.5) is 0 Å². The Bertz CT molecular complexity index is 299. The third kappa shape index (κ3) is 5.66. The molecule has 18 heavy (non-hydrogen) atoms. The highest BCUT2D eigenvalue weighted by Crippen LogP contribution is 2.27. The van der Waals surface area contributed by atoms with Crippen LogP contribution in [-0.2, 0) is 9.59 Å². The SMILES string of the molecule is C=CC(C=C)(CCCCCCCC(=O)[O-])C(=O)[O-]. The summed E-state index contributed by atoms with van der Waals surface area (Å²) in [6, 6.07) is 0. The van der Waals surface area contributed by atoms with Crippen LogP contribution in [0.3, 0.4) is 0 Å². The van der Waals surface area contributed by atoms with Crippen LogP contribution in [0, 0.1) is 5.41 Å². The van der Waals surface area contributed by atoms with E-state index >= 15 is 0 Å². The van der Waals surface area contributed by atoms with Gasteiger partial charge in [0, 0.05) is 11.4 Å². The van der Waals surface area contributed by atoms with Crippen LogP contribution in [0.1, 0.15) is 44.9 Å². The number of carboxylic acid groups (broad SMARTS) is 2. The minimum Gasteiger partial charge on any atom is -0.550 e. The van der Waals surface area contributed by atoms with Gasteiger partial charge in [0.2, 0.25) is 0 Å². The molecular formula is C14H20O4-2. The summed E-state index contributed by atoms with van der Waals surface area (Å²) in [7, 11) is 0. The Hall–Kier alpha value is -1.58. The molecule has 0 rings (SSSR count). The largest absolute Gasteiger partial charge is 0.550 e. The van der Waals surface area contributed by atoms with E-state index in [9.17, 15) is 19.8 Å². The zero-order valence-corrected chi connectivity index (χ0v) is 10.7. The first kappa shape index (κ1) is 16.4. The second-order valence-electron chi connectivity index (χ2n) is 4.38. The van der Waals surface area contributed by atoms with Crippen LogP contribution in [0.5, 0.6) is 0 Å². The number of aliphatic carboxylic acids is 2. The van der Waals surface area contributed by atoms with Gasteiger partial charge in [-0.15, -0.1) is 13.2 Å². The highest BCUT2D eigenvalue weighted by atomic mass is 16.4. The zero-order chi connectivity index (χ0) is 14.0. The van der Waals surface area contributed by atoms with Crippen LogP contribution in [-0.4, -0.2) is 11.9 Å². The summed E-state index contributed by atoms with van der Waals surface area (Å²) in [5.41, 5.74) is -1.15. The Kier molecular flexibility index (Phi) is 7.76. The fraction of sp³-hybridized carbons (Fsp3) is 0.571. The number of hydrogen-bond donors (Lipinski definition) is 0. The van der Waals surface area contributed by atoms with Gasteiger partial charge >= 0.3 is 0 Å². The molecule has 0 fully saturated rings.